The number of benzene rings is 1. The molecule has 0 spiro atoms. The second kappa shape index (κ2) is 8.11. The summed E-state index contributed by atoms with van der Waals surface area (Å²) in [5.41, 5.74) is -0.0798. The Morgan fingerprint density at radius 3 is 2.55 bits per heavy atom. The van der Waals surface area contributed by atoms with Crippen molar-refractivity contribution in [1.82, 2.24) is 0 Å². The highest BCUT2D eigenvalue weighted by Gasteiger charge is 2.09. The first-order valence-corrected chi connectivity index (χ1v) is 6.26. The summed E-state index contributed by atoms with van der Waals surface area (Å²) in [5, 5.41) is 19.5. The van der Waals surface area contributed by atoms with E-state index >= 15 is 0 Å². The molecule has 0 saturated heterocycles. The minimum absolute atomic E-state index is 0.0798. The highest BCUT2D eigenvalue weighted by molar-refractivity contribution is 5.63. The number of rotatable bonds is 7. The SMILES string of the molecule is C[C@H](O)CCCCOC(=O)Oc1ccc([N+](=O)[O-])cc1. The second-order valence-corrected chi connectivity index (χ2v) is 4.30. The normalized spacial score (nSPS) is 11.7. The van der Waals surface area contributed by atoms with Gasteiger partial charge < -0.3 is 14.6 Å². The van der Waals surface area contributed by atoms with E-state index in [1.165, 1.54) is 24.3 Å². The fourth-order valence-corrected chi connectivity index (χ4v) is 1.46. The number of nitro groups is 1. The van der Waals surface area contributed by atoms with Crippen LogP contribution in [0.25, 0.3) is 0 Å². The Morgan fingerprint density at radius 1 is 1.35 bits per heavy atom. The van der Waals surface area contributed by atoms with Crippen molar-refractivity contribution in [2.75, 3.05) is 6.61 Å². The maximum atomic E-state index is 11.3. The molecule has 0 fully saturated rings. The van der Waals surface area contributed by atoms with Gasteiger partial charge in [-0.3, -0.25) is 10.1 Å². The lowest BCUT2D eigenvalue weighted by Gasteiger charge is -2.06. The first kappa shape index (κ1) is 15.9. The van der Waals surface area contributed by atoms with E-state index in [9.17, 15) is 14.9 Å². The maximum Gasteiger partial charge on any atom is 0.513 e. The molecule has 20 heavy (non-hydrogen) atoms. The number of carbonyl (C=O) groups is 1. The summed E-state index contributed by atoms with van der Waals surface area (Å²) in [6.07, 6.45) is 0.835. The van der Waals surface area contributed by atoms with Crippen molar-refractivity contribution in [2.45, 2.75) is 32.3 Å². The van der Waals surface area contributed by atoms with Crippen molar-refractivity contribution in [2.24, 2.45) is 0 Å². The van der Waals surface area contributed by atoms with Crippen LogP contribution >= 0.6 is 0 Å². The standard InChI is InChI=1S/C13H17NO6/c1-10(15)4-2-3-9-19-13(16)20-12-7-5-11(6-8-12)14(17)18/h5-8,10,15H,2-4,9H2,1H3/t10-/m0/s1. The maximum absolute atomic E-state index is 11.3. The Bertz CT molecular complexity index is 443. The molecule has 0 aliphatic heterocycles. The lowest BCUT2D eigenvalue weighted by molar-refractivity contribution is -0.384. The predicted octanol–water partition coefficient (Wildman–Crippen LogP) is 2.66. The molecule has 0 aliphatic carbocycles. The van der Waals surface area contributed by atoms with Gasteiger partial charge in [-0.25, -0.2) is 4.79 Å². The molecular formula is C13H17NO6. The van der Waals surface area contributed by atoms with E-state index < -0.39 is 11.1 Å². The molecule has 0 saturated carbocycles. The third-order valence-electron chi connectivity index (χ3n) is 2.48. The molecule has 1 N–H and O–H groups in total. The van der Waals surface area contributed by atoms with Crippen LogP contribution in [0.3, 0.4) is 0 Å². The number of nitrogens with zero attached hydrogens (tertiary/aromatic N) is 1. The molecule has 0 heterocycles. The molecule has 0 aliphatic rings. The van der Waals surface area contributed by atoms with Gasteiger partial charge in [0.25, 0.3) is 5.69 Å². The Balaban J connectivity index is 2.26. The van der Waals surface area contributed by atoms with Gasteiger partial charge in [-0.05, 0) is 38.3 Å². The lowest BCUT2D eigenvalue weighted by Crippen LogP contribution is -2.11. The van der Waals surface area contributed by atoms with Crippen LogP contribution in [0.15, 0.2) is 24.3 Å². The fraction of sp³-hybridized carbons (Fsp3) is 0.462. The van der Waals surface area contributed by atoms with Crippen LogP contribution in [0.5, 0.6) is 5.75 Å². The molecule has 7 nitrogen and oxygen atoms in total. The van der Waals surface area contributed by atoms with Crippen LogP contribution < -0.4 is 4.74 Å². The van der Waals surface area contributed by atoms with E-state index in [0.29, 0.717) is 12.8 Å². The largest absolute Gasteiger partial charge is 0.513 e. The summed E-state index contributed by atoms with van der Waals surface area (Å²) in [7, 11) is 0. The van der Waals surface area contributed by atoms with E-state index in [4.69, 9.17) is 14.6 Å². The molecule has 1 aromatic carbocycles. The summed E-state index contributed by atoms with van der Waals surface area (Å²) in [6.45, 7) is 1.91. The van der Waals surface area contributed by atoms with E-state index in [1.54, 1.807) is 6.92 Å². The highest BCUT2D eigenvalue weighted by Crippen LogP contribution is 2.17. The zero-order valence-electron chi connectivity index (χ0n) is 11.2. The molecule has 0 radical (unpaired) electrons. The quantitative estimate of drug-likeness (QED) is 0.271. The third-order valence-corrected chi connectivity index (χ3v) is 2.48. The summed E-state index contributed by atoms with van der Waals surface area (Å²) in [4.78, 5) is 21.2. The predicted molar refractivity (Wildman–Crippen MR) is 70.6 cm³/mol. The van der Waals surface area contributed by atoms with Crippen molar-refractivity contribution in [3.05, 3.63) is 34.4 Å². The van der Waals surface area contributed by atoms with Gasteiger partial charge in [0.05, 0.1) is 17.6 Å². The van der Waals surface area contributed by atoms with Gasteiger partial charge in [-0.15, -0.1) is 0 Å². The Kier molecular flexibility index (Phi) is 6.45. The van der Waals surface area contributed by atoms with Gasteiger partial charge >= 0.3 is 6.16 Å². The molecule has 1 rings (SSSR count). The number of non-ortho nitro benzene ring substituents is 1. The molecule has 110 valence electrons. The van der Waals surface area contributed by atoms with Crippen LogP contribution in [-0.4, -0.2) is 28.9 Å². The molecule has 0 amide bonds. The van der Waals surface area contributed by atoms with Crippen LogP contribution in [0, 0.1) is 10.1 Å². The summed E-state index contributed by atoms with van der Waals surface area (Å²) < 4.78 is 9.67. The van der Waals surface area contributed by atoms with Gasteiger partial charge in [-0.1, -0.05) is 0 Å². The van der Waals surface area contributed by atoms with Gasteiger partial charge in [0.2, 0.25) is 0 Å². The van der Waals surface area contributed by atoms with Gasteiger partial charge in [0, 0.05) is 12.1 Å². The Hall–Kier alpha value is -2.15. The molecule has 0 bridgehead atoms. The molecule has 7 heteroatoms. The number of carbonyl (C=O) groups excluding carboxylic acids is 1. The number of ether oxygens (including phenoxy) is 2. The van der Waals surface area contributed by atoms with Crippen molar-refractivity contribution in [1.29, 1.82) is 0 Å². The molecule has 0 unspecified atom stereocenters. The van der Waals surface area contributed by atoms with Crippen LogP contribution in [0.2, 0.25) is 0 Å². The number of aliphatic hydroxyl groups excluding tert-OH is 1. The van der Waals surface area contributed by atoms with Crippen LogP contribution in [-0.2, 0) is 4.74 Å². The number of nitro benzene ring substituents is 1. The van der Waals surface area contributed by atoms with Gasteiger partial charge in [0.1, 0.15) is 5.75 Å². The zero-order chi connectivity index (χ0) is 15.0. The minimum Gasteiger partial charge on any atom is -0.434 e. The highest BCUT2D eigenvalue weighted by atomic mass is 16.7. The Morgan fingerprint density at radius 2 is 2.00 bits per heavy atom. The van der Waals surface area contributed by atoms with Crippen molar-refractivity contribution in [3.8, 4) is 5.75 Å². The van der Waals surface area contributed by atoms with E-state index in [2.05, 4.69) is 0 Å². The molecule has 1 aromatic rings. The summed E-state index contributed by atoms with van der Waals surface area (Å²) >= 11 is 0. The first-order chi connectivity index (χ1) is 9.49. The second-order valence-electron chi connectivity index (χ2n) is 4.30. The lowest BCUT2D eigenvalue weighted by atomic mass is 10.2. The Labute approximate surface area is 116 Å². The van der Waals surface area contributed by atoms with Gasteiger partial charge in [-0.2, -0.15) is 0 Å². The van der Waals surface area contributed by atoms with E-state index in [-0.39, 0.29) is 24.1 Å². The monoisotopic (exact) mass is 283 g/mol. The number of unbranched alkanes of at least 4 members (excludes halogenated alkanes) is 1. The minimum atomic E-state index is -0.851. The first-order valence-electron chi connectivity index (χ1n) is 6.26. The molecular weight excluding hydrogens is 266 g/mol. The summed E-state index contributed by atoms with van der Waals surface area (Å²) in [6, 6.07) is 5.14. The number of hydrogen-bond donors (Lipinski definition) is 1. The number of hydrogen-bond acceptors (Lipinski definition) is 6. The smallest absolute Gasteiger partial charge is 0.434 e. The van der Waals surface area contributed by atoms with Crippen LogP contribution in [0.1, 0.15) is 26.2 Å². The van der Waals surface area contributed by atoms with E-state index in [1.807, 2.05) is 0 Å². The van der Waals surface area contributed by atoms with Crippen molar-refractivity contribution >= 4 is 11.8 Å². The fourth-order valence-electron chi connectivity index (χ4n) is 1.46. The zero-order valence-corrected chi connectivity index (χ0v) is 11.2. The molecule has 1 atom stereocenters. The van der Waals surface area contributed by atoms with Gasteiger partial charge in [0.15, 0.2) is 0 Å². The third kappa shape index (κ3) is 6.14. The number of aliphatic hydroxyl groups is 1. The van der Waals surface area contributed by atoms with E-state index in [0.717, 1.165) is 6.42 Å². The van der Waals surface area contributed by atoms with Crippen LogP contribution in [0.4, 0.5) is 10.5 Å². The molecule has 0 aromatic heterocycles. The average Bonchev–Trinajstić information content (AvgIpc) is 2.38. The average molecular weight is 283 g/mol. The summed E-state index contributed by atoms with van der Waals surface area (Å²) in [5.74, 6) is 0.185. The van der Waals surface area contributed by atoms with Crippen molar-refractivity contribution in [3.63, 3.8) is 0 Å². The van der Waals surface area contributed by atoms with Crippen molar-refractivity contribution < 1.29 is 24.3 Å². The topological polar surface area (TPSA) is 98.9 Å².